The van der Waals surface area contributed by atoms with E-state index in [1.165, 1.54) is 12.1 Å². The van der Waals surface area contributed by atoms with Crippen LogP contribution in [0.5, 0.6) is 5.75 Å². The molecule has 0 atom stereocenters. The lowest BCUT2D eigenvalue weighted by Crippen LogP contribution is -2.28. The summed E-state index contributed by atoms with van der Waals surface area (Å²) in [5.41, 5.74) is 0.729. The van der Waals surface area contributed by atoms with Crippen LogP contribution in [0.1, 0.15) is 15.9 Å². The Bertz CT molecular complexity index is 659. The van der Waals surface area contributed by atoms with E-state index in [0.29, 0.717) is 0 Å². The predicted octanol–water partition coefficient (Wildman–Crippen LogP) is 1.81. The number of benzene rings is 1. The summed E-state index contributed by atoms with van der Waals surface area (Å²) in [4.78, 5) is 26.7. The van der Waals surface area contributed by atoms with Crippen molar-refractivity contribution in [2.75, 3.05) is 5.32 Å². The molecule has 0 aliphatic heterocycles. The topological polar surface area (TPSA) is 112 Å². The van der Waals surface area contributed by atoms with Gasteiger partial charge in [0.05, 0.1) is 11.3 Å². The van der Waals surface area contributed by atoms with Crippen LogP contribution < -0.4 is 10.6 Å². The molecule has 0 saturated heterocycles. The number of phenolic OH excluding ortho intramolecular Hbond substituents is 1. The zero-order valence-corrected chi connectivity index (χ0v) is 10.9. The van der Waals surface area contributed by atoms with Crippen LogP contribution in [0.4, 0.5) is 10.5 Å². The number of nitrogens with zero attached hydrogens (tertiary/aromatic N) is 1. The second kappa shape index (κ2) is 6.38. The number of phenols is 1. The van der Waals surface area contributed by atoms with Gasteiger partial charge in [-0.1, -0.05) is 6.07 Å². The average molecular weight is 287 g/mol. The molecular formula is C14H13N3O4. The SMILES string of the molecule is O=C(NCc1cccnc1)Nc1ccc(O)cc1C(=O)O. The van der Waals surface area contributed by atoms with Crippen molar-refractivity contribution in [1.29, 1.82) is 0 Å². The van der Waals surface area contributed by atoms with E-state index in [1.807, 2.05) is 0 Å². The number of carbonyl (C=O) groups is 2. The molecule has 1 heterocycles. The van der Waals surface area contributed by atoms with Gasteiger partial charge in [-0.25, -0.2) is 9.59 Å². The molecule has 0 unspecified atom stereocenters. The van der Waals surface area contributed by atoms with Gasteiger partial charge in [-0.2, -0.15) is 0 Å². The van der Waals surface area contributed by atoms with Gasteiger partial charge in [-0.15, -0.1) is 0 Å². The fourth-order valence-corrected chi connectivity index (χ4v) is 1.67. The number of carboxylic acids is 1. The number of aromatic hydroxyl groups is 1. The van der Waals surface area contributed by atoms with Crippen molar-refractivity contribution in [3.63, 3.8) is 0 Å². The van der Waals surface area contributed by atoms with Gasteiger partial charge in [-0.05, 0) is 29.8 Å². The molecule has 7 nitrogen and oxygen atoms in total. The van der Waals surface area contributed by atoms with Crippen molar-refractivity contribution in [2.24, 2.45) is 0 Å². The molecule has 0 radical (unpaired) electrons. The quantitative estimate of drug-likeness (QED) is 0.641. The molecule has 0 aliphatic carbocycles. The minimum Gasteiger partial charge on any atom is -0.508 e. The zero-order chi connectivity index (χ0) is 15.2. The number of anilines is 1. The number of hydrogen-bond acceptors (Lipinski definition) is 4. The van der Waals surface area contributed by atoms with Crippen molar-refractivity contribution < 1.29 is 19.8 Å². The molecule has 2 rings (SSSR count). The Balaban J connectivity index is 2.01. The maximum Gasteiger partial charge on any atom is 0.337 e. The summed E-state index contributed by atoms with van der Waals surface area (Å²) >= 11 is 0. The van der Waals surface area contributed by atoms with Crippen LogP contribution in [0.15, 0.2) is 42.7 Å². The molecule has 7 heteroatoms. The van der Waals surface area contributed by atoms with Crippen molar-refractivity contribution in [3.05, 3.63) is 53.9 Å². The number of rotatable bonds is 4. The molecular weight excluding hydrogens is 274 g/mol. The van der Waals surface area contributed by atoms with Crippen LogP contribution in [-0.2, 0) is 6.54 Å². The van der Waals surface area contributed by atoms with Crippen molar-refractivity contribution in [2.45, 2.75) is 6.54 Å². The standard InChI is InChI=1S/C14H13N3O4/c18-10-3-4-12(11(6-10)13(19)20)17-14(21)16-8-9-2-1-5-15-7-9/h1-7,18H,8H2,(H,19,20)(H2,16,17,21). The highest BCUT2D eigenvalue weighted by molar-refractivity contribution is 6.00. The highest BCUT2D eigenvalue weighted by atomic mass is 16.4. The molecule has 4 N–H and O–H groups in total. The van der Waals surface area contributed by atoms with Crippen LogP contribution in [0.2, 0.25) is 0 Å². The van der Waals surface area contributed by atoms with Gasteiger partial charge in [0.25, 0.3) is 0 Å². The third-order valence-electron chi connectivity index (χ3n) is 2.66. The molecule has 0 fully saturated rings. The van der Waals surface area contributed by atoms with E-state index in [2.05, 4.69) is 15.6 Å². The summed E-state index contributed by atoms with van der Waals surface area (Å²) in [5.74, 6) is -1.43. The maximum absolute atomic E-state index is 11.7. The number of urea groups is 1. The molecule has 1 aromatic heterocycles. The van der Waals surface area contributed by atoms with Crippen molar-refractivity contribution in [3.8, 4) is 5.75 Å². The van der Waals surface area contributed by atoms with Crippen LogP contribution in [-0.4, -0.2) is 27.2 Å². The molecule has 2 aromatic rings. The molecule has 0 bridgehead atoms. The number of aromatic nitrogens is 1. The fourth-order valence-electron chi connectivity index (χ4n) is 1.67. The molecule has 108 valence electrons. The first kappa shape index (κ1) is 14.3. The number of carbonyl (C=O) groups excluding carboxylic acids is 1. The van der Waals surface area contributed by atoms with Crippen LogP contribution in [0, 0.1) is 0 Å². The van der Waals surface area contributed by atoms with E-state index in [0.717, 1.165) is 11.6 Å². The minimum atomic E-state index is -1.24. The summed E-state index contributed by atoms with van der Waals surface area (Å²) in [7, 11) is 0. The van der Waals surface area contributed by atoms with Gasteiger partial charge in [0, 0.05) is 18.9 Å². The summed E-state index contributed by atoms with van der Waals surface area (Å²) in [6.45, 7) is 0.264. The third-order valence-corrected chi connectivity index (χ3v) is 2.66. The molecule has 0 spiro atoms. The van der Waals surface area contributed by atoms with Crippen molar-refractivity contribution >= 4 is 17.7 Å². The van der Waals surface area contributed by atoms with Crippen LogP contribution in [0.3, 0.4) is 0 Å². The summed E-state index contributed by atoms with van der Waals surface area (Å²) in [5, 5.41) is 23.3. The lowest BCUT2D eigenvalue weighted by atomic mass is 10.1. The maximum atomic E-state index is 11.7. The molecule has 21 heavy (non-hydrogen) atoms. The highest BCUT2D eigenvalue weighted by Crippen LogP contribution is 2.21. The van der Waals surface area contributed by atoms with Crippen molar-refractivity contribution in [1.82, 2.24) is 10.3 Å². The smallest absolute Gasteiger partial charge is 0.337 e. The number of amides is 2. The molecule has 0 saturated carbocycles. The first-order chi connectivity index (χ1) is 10.1. The second-order valence-electron chi connectivity index (χ2n) is 4.20. The van der Waals surface area contributed by atoms with Gasteiger partial charge in [0.15, 0.2) is 0 Å². The van der Waals surface area contributed by atoms with Gasteiger partial charge >= 0.3 is 12.0 Å². The third kappa shape index (κ3) is 3.93. The number of hydrogen-bond donors (Lipinski definition) is 4. The van der Waals surface area contributed by atoms with E-state index < -0.39 is 12.0 Å². The molecule has 0 aliphatic rings. The fraction of sp³-hybridized carbons (Fsp3) is 0.0714. The van der Waals surface area contributed by atoms with E-state index in [-0.39, 0.29) is 23.5 Å². The Labute approximate surface area is 120 Å². The van der Waals surface area contributed by atoms with Gasteiger partial charge in [0.1, 0.15) is 5.75 Å². The van der Waals surface area contributed by atoms with Crippen LogP contribution >= 0.6 is 0 Å². The van der Waals surface area contributed by atoms with E-state index in [9.17, 15) is 14.7 Å². The van der Waals surface area contributed by atoms with Gasteiger partial charge in [0.2, 0.25) is 0 Å². The number of pyridine rings is 1. The van der Waals surface area contributed by atoms with E-state index >= 15 is 0 Å². The van der Waals surface area contributed by atoms with E-state index in [4.69, 9.17) is 5.11 Å². The van der Waals surface area contributed by atoms with Gasteiger partial charge < -0.3 is 20.8 Å². The Hall–Kier alpha value is -3.09. The zero-order valence-electron chi connectivity index (χ0n) is 10.9. The Kier molecular flexibility index (Phi) is 4.35. The summed E-state index contributed by atoms with van der Waals surface area (Å²) in [6, 6.07) is 6.69. The van der Waals surface area contributed by atoms with E-state index in [1.54, 1.807) is 24.5 Å². The lowest BCUT2D eigenvalue weighted by molar-refractivity contribution is 0.0697. The lowest BCUT2D eigenvalue weighted by Gasteiger charge is -2.10. The summed E-state index contributed by atoms with van der Waals surface area (Å²) in [6.07, 6.45) is 3.24. The Morgan fingerprint density at radius 3 is 2.71 bits per heavy atom. The number of nitrogens with one attached hydrogen (secondary N) is 2. The normalized spacial score (nSPS) is 9.90. The highest BCUT2D eigenvalue weighted by Gasteiger charge is 2.13. The predicted molar refractivity (Wildman–Crippen MR) is 75.2 cm³/mol. The Morgan fingerprint density at radius 1 is 1.24 bits per heavy atom. The first-order valence-corrected chi connectivity index (χ1v) is 6.06. The second-order valence-corrected chi connectivity index (χ2v) is 4.20. The summed E-state index contributed by atoms with van der Waals surface area (Å²) < 4.78 is 0. The number of aromatic carboxylic acids is 1. The first-order valence-electron chi connectivity index (χ1n) is 6.06. The van der Waals surface area contributed by atoms with Gasteiger partial charge in [-0.3, -0.25) is 4.98 Å². The Morgan fingerprint density at radius 2 is 2.05 bits per heavy atom. The minimum absolute atomic E-state index is 0.101. The average Bonchev–Trinajstić information content (AvgIpc) is 2.48. The molecule has 1 aromatic carbocycles. The van der Waals surface area contributed by atoms with Crippen LogP contribution in [0.25, 0.3) is 0 Å². The monoisotopic (exact) mass is 287 g/mol. The molecule has 2 amide bonds. The largest absolute Gasteiger partial charge is 0.508 e. The number of carboxylic acid groups (broad SMARTS) is 1.